The molecule has 0 radical (unpaired) electrons. The van der Waals surface area contributed by atoms with Crippen LogP contribution in [-0.2, 0) is 27.7 Å². The number of aromatic nitrogens is 2. The fourth-order valence-corrected chi connectivity index (χ4v) is 7.31. The summed E-state index contributed by atoms with van der Waals surface area (Å²) >= 11 is 12.7. The standard InChI is InChI=1S/C39H36Cl2FN5O4S/c1-3-5-14-34-30(36(24-43)47(45-34)35-23-27(19-20-32(35)41)44-38(48)16-6-4-2)21-26-18-17-25(22-33(26)42)28-11-8-10-15-37(28)52(50,51)46-39(49)29-12-7-9-13-31(29)40/h7-13,15,17-20,22-23H,3-6,14,16,21H2,1-2H3,(H,44,48)(H,46,49). The maximum absolute atomic E-state index is 16.0. The van der Waals surface area contributed by atoms with E-state index in [1.165, 1.54) is 47.1 Å². The zero-order valence-electron chi connectivity index (χ0n) is 28.5. The molecule has 1 aromatic heterocycles. The molecule has 0 fully saturated rings. The number of hydrogen-bond acceptors (Lipinski definition) is 6. The van der Waals surface area contributed by atoms with Gasteiger partial charge in [0, 0.05) is 29.7 Å². The van der Waals surface area contributed by atoms with Gasteiger partial charge < -0.3 is 5.32 Å². The van der Waals surface area contributed by atoms with Crippen molar-refractivity contribution in [1.29, 1.82) is 5.26 Å². The summed E-state index contributed by atoms with van der Waals surface area (Å²) in [6.45, 7) is 4.03. The third-order valence-electron chi connectivity index (χ3n) is 8.41. The fraction of sp³-hybridized carbons (Fsp3) is 0.231. The Bertz CT molecular complexity index is 2280. The van der Waals surface area contributed by atoms with Crippen LogP contribution in [0.4, 0.5) is 10.1 Å². The average molecular weight is 761 g/mol. The summed E-state index contributed by atoms with van der Waals surface area (Å²) in [6.07, 6.45) is 4.19. The highest BCUT2D eigenvalue weighted by Crippen LogP contribution is 2.32. The van der Waals surface area contributed by atoms with Gasteiger partial charge >= 0.3 is 0 Å². The Labute approximate surface area is 312 Å². The van der Waals surface area contributed by atoms with E-state index in [2.05, 4.69) is 16.1 Å². The van der Waals surface area contributed by atoms with E-state index >= 15 is 4.39 Å². The third kappa shape index (κ3) is 8.70. The van der Waals surface area contributed by atoms with Crippen LogP contribution in [0.3, 0.4) is 0 Å². The predicted octanol–water partition coefficient (Wildman–Crippen LogP) is 9.04. The SMILES string of the molecule is CCCCC(=O)Nc1ccc(Cl)c(-n2nc(CCCC)c(Cc3ccc(-c4ccccc4S(=O)(=O)NC(=O)c4ccccc4Cl)cc3F)c2C#N)c1. The molecule has 5 rings (SSSR count). The minimum absolute atomic E-state index is 0.0110. The molecule has 0 aliphatic heterocycles. The molecule has 0 saturated heterocycles. The number of hydrogen-bond donors (Lipinski definition) is 2. The molecule has 9 nitrogen and oxygen atoms in total. The van der Waals surface area contributed by atoms with Crippen LogP contribution in [0.2, 0.25) is 10.0 Å². The molecule has 1 heterocycles. The maximum Gasteiger partial charge on any atom is 0.266 e. The van der Waals surface area contributed by atoms with Crippen molar-refractivity contribution < 1.29 is 22.4 Å². The minimum Gasteiger partial charge on any atom is -0.326 e. The number of nitrogens with zero attached hydrogens (tertiary/aromatic N) is 3. The van der Waals surface area contributed by atoms with Gasteiger partial charge in [-0.3, -0.25) is 9.59 Å². The summed E-state index contributed by atoms with van der Waals surface area (Å²) in [5.74, 6) is -1.67. The maximum atomic E-state index is 16.0. The molecular formula is C39H36Cl2FN5O4S. The van der Waals surface area contributed by atoms with Gasteiger partial charge in [0.2, 0.25) is 5.91 Å². The number of amides is 2. The summed E-state index contributed by atoms with van der Waals surface area (Å²) in [4.78, 5) is 25.0. The van der Waals surface area contributed by atoms with Crippen molar-refractivity contribution in [2.75, 3.05) is 5.32 Å². The first-order chi connectivity index (χ1) is 25.0. The van der Waals surface area contributed by atoms with Gasteiger partial charge in [0.05, 0.1) is 31.9 Å². The lowest BCUT2D eigenvalue weighted by atomic mass is 9.97. The smallest absolute Gasteiger partial charge is 0.266 e. The molecule has 0 aliphatic rings. The van der Waals surface area contributed by atoms with Gasteiger partial charge in [-0.05, 0) is 72.9 Å². The number of unbranched alkanes of at least 4 members (excludes halogenated alkanes) is 2. The van der Waals surface area contributed by atoms with Crippen molar-refractivity contribution in [3.05, 3.63) is 129 Å². The monoisotopic (exact) mass is 759 g/mol. The quantitative estimate of drug-likeness (QED) is 0.116. The fourth-order valence-electron chi connectivity index (χ4n) is 5.69. The van der Waals surface area contributed by atoms with E-state index < -0.39 is 21.7 Å². The highest BCUT2D eigenvalue weighted by Gasteiger charge is 2.25. The topological polar surface area (TPSA) is 134 Å². The lowest BCUT2D eigenvalue weighted by Crippen LogP contribution is -2.31. The van der Waals surface area contributed by atoms with Crippen molar-refractivity contribution in [2.24, 2.45) is 0 Å². The number of nitriles is 1. The summed E-state index contributed by atoms with van der Waals surface area (Å²) in [6, 6.07) is 23.6. The highest BCUT2D eigenvalue weighted by atomic mass is 35.5. The molecule has 2 amide bonds. The van der Waals surface area contributed by atoms with E-state index in [1.807, 2.05) is 13.8 Å². The Balaban J connectivity index is 1.48. The normalized spacial score (nSPS) is 11.2. The second-order valence-electron chi connectivity index (χ2n) is 12.1. The Morgan fingerprint density at radius 2 is 1.65 bits per heavy atom. The largest absolute Gasteiger partial charge is 0.326 e. The van der Waals surface area contributed by atoms with Gasteiger partial charge in [-0.2, -0.15) is 10.4 Å². The molecule has 2 N–H and O–H groups in total. The Hall–Kier alpha value is -5.02. The zero-order valence-corrected chi connectivity index (χ0v) is 30.9. The number of rotatable bonds is 14. The lowest BCUT2D eigenvalue weighted by Gasteiger charge is -2.13. The van der Waals surface area contributed by atoms with Gasteiger partial charge in [-0.25, -0.2) is 22.2 Å². The second-order valence-corrected chi connectivity index (χ2v) is 14.6. The second kappa shape index (κ2) is 17.0. The Kier molecular flexibility index (Phi) is 12.5. The van der Waals surface area contributed by atoms with Gasteiger partial charge in [0.25, 0.3) is 15.9 Å². The summed E-state index contributed by atoms with van der Waals surface area (Å²) < 4.78 is 46.4. The predicted molar refractivity (Wildman–Crippen MR) is 201 cm³/mol. The number of benzene rings is 4. The molecule has 0 spiro atoms. The number of carbonyl (C=O) groups is 2. The van der Waals surface area contributed by atoms with E-state index in [1.54, 1.807) is 42.5 Å². The van der Waals surface area contributed by atoms with E-state index in [9.17, 15) is 23.3 Å². The van der Waals surface area contributed by atoms with Gasteiger partial charge in [0.15, 0.2) is 0 Å². The molecule has 0 bridgehead atoms. The number of nitrogens with one attached hydrogen (secondary N) is 2. The molecule has 4 aromatic carbocycles. The molecule has 0 atom stereocenters. The summed E-state index contributed by atoms with van der Waals surface area (Å²) in [5, 5.41) is 18.4. The van der Waals surface area contributed by atoms with Crippen molar-refractivity contribution >= 4 is 50.7 Å². The molecular weight excluding hydrogens is 724 g/mol. The Morgan fingerprint density at radius 1 is 0.923 bits per heavy atom. The molecule has 0 aliphatic carbocycles. The van der Waals surface area contributed by atoms with Gasteiger partial charge in [0.1, 0.15) is 17.6 Å². The van der Waals surface area contributed by atoms with Crippen LogP contribution in [0.5, 0.6) is 0 Å². The Morgan fingerprint density at radius 3 is 2.37 bits per heavy atom. The molecule has 5 aromatic rings. The van der Waals surface area contributed by atoms with Crippen molar-refractivity contribution in [1.82, 2.24) is 14.5 Å². The third-order valence-corrected chi connectivity index (χ3v) is 10.4. The van der Waals surface area contributed by atoms with Gasteiger partial charge in [-0.15, -0.1) is 0 Å². The highest BCUT2D eigenvalue weighted by molar-refractivity contribution is 7.90. The van der Waals surface area contributed by atoms with Crippen molar-refractivity contribution in [3.8, 4) is 22.9 Å². The van der Waals surface area contributed by atoms with Crippen LogP contribution in [0.25, 0.3) is 16.8 Å². The lowest BCUT2D eigenvalue weighted by molar-refractivity contribution is -0.116. The van der Waals surface area contributed by atoms with Crippen LogP contribution < -0.4 is 10.0 Å². The average Bonchev–Trinajstić information content (AvgIpc) is 3.47. The molecule has 13 heteroatoms. The number of aryl methyl sites for hydroxylation is 1. The molecule has 268 valence electrons. The van der Waals surface area contributed by atoms with E-state index in [4.69, 9.17) is 28.3 Å². The zero-order chi connectivity index (χ0) is 37.4. The summed E-state index contributed by atoms with van der Waals surface area (Å²) in [5.41, 5.74) is 2.90. The van der Waals surface area contributed by atoms with Crippen LogP contribution in [0.1, 0.15) is 78.8 Å². The number of carbonyl (C=O) groups excluding carboxylic acids is 2. The first-order valence-electron chi connectivity index (χ1n) is 16.8. The number of halogens is 3. The number of anilines is 1. The van der Waals surface area contributed by atoms with Crippen molar-refractivity contribution in [3.63, 3.8) is 0 Å². The van der Waals surface area contributed by atoms with E-state index in [-0.39, 0.29) is 50.2 Å². The van der Waals surface area contributed by atoms with Crippen LogP contribution in [0, 0.1) is 17.1 Å². The summed E-state index contributed by atoms with van der Waals surface area (Å²) in [7, 11) is -4.40. The van der Waals surface area contributed by atoms with E-state index in [0.717, 1.165) is 25.7 Å². The van der Waals surface area contributed by atoms with Crippen molar-refractivity contribution in [2.45, 2.75) is 63.7 Å². The first-order valence-corrected chi connectivity index (χ1v) is 19.0. The van der Waals surface area contributed by atoms with Crippen LogP contribution >= 0.6 is 23.2 Å². The van der Waals surface area contributed by atoms with E-state index in [0.29, 0.717) is 40.5 Å². The first kappa shape index (κ1) is 38.2. The number of sulfonamides is 1. The van der Waals surface area contributed by atoms with Gasteiger partial charge in [-0.1, -0.05) is 92.4 Å². The van der Waals surface area contributed by atoms with Crippen LogP contribution in [-0.4, -0.2) is 30.0 Å². The molecule has 0 unspecified atom stereocenters. The van der Waals surface area contributed by atoms with Crippen LogP contribution in [0.15, 0.2) is 89.8 Å². The minimum atomic E-state index is -4.40. The molecule has 52 heavy (non-hydrogen) atoms. The molecule has 0 saturated carbocycles.